The fraction of sp³-hybridized carbons (Fsp3) is 0.407. The van der Waals surface area contributed by atoms with E-state index >= 15 is 0 Å². The standard InChI is InChI=1S/C27H26Cl2O4/c1-26(2)10-17(30)23-21(12-26)33-22-13-27(3,4)11-18(31)24(22)25(23)20-8-7-19(32-20)15-6-5-14(28)9-16(15)29/h5-9,25H,10-13H2,1-4H3. The quantitative estimate of drug-likeness (QED) is 0.438. The maximum Gasteiger partial charge on any atom is 0.163 e. The molecule has 2 aromatic rings. The summed E-state index contributed by atoms with van der Waals surface area (Å²) < 4.78 is 12.6. The lowest BCUT2D eigenvalue weighted by molar-refractivity contribution is -0.120. The molecule has 1 aromatic carbocycles. The summed E-state index contributed by atoms with van der Waals surface area (Å²) in [4.78, 5) is 26.7. The zero-order valence-electron chi connectivity index (χ0n) is 19.2. The summed E-state index contributed by atoms with van der Waals surface area (Å²) in [5.41, 5.74) is 1.43. The van der Waals surface area contributed by atoms with Crippen LogP contribution in [-0.2, 0) is 14.3 Å². The summed E-state index contributed by atoms with van der Waals surface area (Å²) in [6, 6.07) is 8.88. The normalized spacial score (nSPS) is 22.2. The van der Waals surface area contributed by atoms with Gasteiger partial charge in [0.15, 0.2) is 11.6 Å². The Morgan fingerprint density at radius 1 is 0.818 bits per heavy atom. The van der Waals surface area contributed by atoms with E-state index in [0.717, 1.165) is 0 Å². The summed E-state index contributed by atoms with van der Waals surface area (Å²) in [5, 5.41) is 1.01. The van der Waals surface area contributed by atoms with Crippen LogP contribution in [-0.4, -0.2) is 11.6 Å². The number of carbonyl (C=O) groups is 2. The highest BCUT2D eigenvalue weighted by Crippen LogP contribution is 2.53. The number of furan rings is 1. The third-order valence-electron chi connectivity index (χ3n) is 6.69. The Kier molecular flexibility index (Phi) is 5.19. The molecule has 4 nitrogen and oxygen atoms in total. The van der Waals surface area contributed by atoms with Gasteiger partial charge in [-0.25, -0.2) is 0 Å². The average Bonchev–Trinajstić information content (AvgIpc) is 3.13. The van der Waals surface area contributed by atoms with E-state index < -0.39 is 5.92 Å². The Bertz CT molecular complexity index is 1210. The molecule has 6 heteroatoms. The van der Waals surface area contributed by atoms with Crippen molar-refractivity contribution in [3.8, 4) is 11.3 Å². The van der Waals surface area contributed by atoms with Crippen molar-refractivity contribution in [2.75, 3.05) is 0 Å². The van der Waals surface area contributed by atoms with E-state index in [2.05, 4.69) is 27.7 Å². The molecular formula is C27H26Cl2O4. The Labute approximate surface area is 203 Å². The lowest BCUT2D eigenvalue weighted by Crippen LogP contribution is -2.37. The summed E-state index contributed by atoms with van der Waals surface area (Å²) in [7, 11) is 0. The van der Waals surface area contributed by atoms with Gasteiger partial charge in [-0.05, 0) is 41.2 Å². The van der Waals surface area contributed by atoms with Crippen LogP contribution < -0.4 is 0 Å². The van der Waals surface area contributed by atoms with E-state index in [1.165, 1.54) is 0 Å². The molecule has 0 N–H and O–H groups in total. The van der Waals surface area contributed by atoms with Gasteiger partial charge in [-0.1, -0.05) is 50.9 Å². The first-order valence-electron chi connectivity index (χ1n) is 11.2. The van der Waals surface area contributed by atoms with Gasteiger partial charge >= 0.3 is 0 Å². The first-order valence-corrected chi connectivity index (χ1v) is 12.0. The molecular weight excluding hydrogens is 459 g/mol. The molecule has 1 aromatic heterocycles. The van der Waals surface area contributed by atoms with Crippen LogP contribution in [0.2, 0.25) is 10.0 Å². The van der Waals surface area contributed by atoms with Crippen molar-refractivity contribution >= 4 is 34.8 Å². The van der Waals surface area contributed by atoms with Gasteiger partial charge in [0, 0.05) is 47.4 Å². The van der Waals surface area contributed by atoms with E-state index in [-0.39, 0.29) is 22.4 Å². The van der Waals surface area contributed by atoms with E-state index in [0.29, 0.717) is 75.5 Å². The Balaban J connectivity index is 1.66. The van der Waals surface area contributed by atoms with Gasteiger partial charge in [0.1, 0.15) is 23.0 Å². The van der Waals surface area contributed by atoms with Crippen molar-refractivity contribution in [1.82, 2.24) is 0 Å². The highest BCUT2D eigenvalue weighted by molar-refractivity contribution is 6.36. The van der Waals surface area contributed by atoms with Crippen molar-refractivity contribution < 1.29 is 18.7 Å². The molecule has 0 saturated heterocycles. The molecule has 0 atom stereocenters. The molecule has 5 rings (SSSR count). The molecule has 0 saturated carbocycles. The number of allylic oxidation sites excluding steroid dienone is 4. The minimum absolute atomic E-state index is 0.0120. The predicted molar refractivity (Wildman–Crippen MR) is 128 cm³/mol. The van der Waals surface area contributed by atoms with Crippen LogP contribution in [0.25, 0.3) is 11.3 Å². The molecule has 2 aliphatic carbocycles. The molecule has 0 fully saturated rings. The largest absolute Gasteiger partial charge is 0.465 e. The van der Waals surface area contributed by atoms with Gasteiger partial charge in [0.05, 0.1) is 10.9 Å². The molecule has 172 valence electrons. The number of hydrogen-bond acceptors (Lipinski definition) is 4. The maximum atomic E-state index is 13.4. The number of ether oxygens (including phenoxy) is 1. The number of rotatable bonds is 2. The third kappa shape index (κ3) is 3.98. The Morgan fingerprint density at radius 3 is 1.94 bits per heavy atom. The lowest BCUT2D eigenvalue weighted by Gasteiger charge is -2.42. The second-order valence-corrected chi connectivity index (χ2v) is 11.8. The van der Waals surface area contributed by atoms with Crippen LogP contribution in [0.15, 0.2) is 57.4 Å². The van der Waals surface area contributed by atoms with Gasteiger partial charge in [-0.2, -0.15) is 0 Å². The fourth-order valence-corrected chi connectivity index (χ4v) is 5.80. The molecule has 3 aliphatic rings. The molecule has 0 spiro atoms. The summed E-state index contributed by atoms with van der Waals surface area (Å²) in [5.74, 6) is 1.93. The van der Waals surface area contributed by atoms with E-state index in [1.807, 2.05) is 12.1 Å². The van der Waals surface area contributed by atoms with Crippen molar-refractivity contribution in [3.05, 3.63) is 68.8 Å². The Morgan fingerprint density at radius 2 is 1.39 bits per heavy atom. The van der Waals surface area contributed by atoms with Gasteiger partial charge in [-0.15, -0.1) is 0 Å². The predicted octanol–water partition coefficient (Wildman–Crippen LogP) is 7.65. The highest BCUT2D eigenvalue weighted by atomic mass is 35.5. The summed E-state index contributed by atoms with van der Waals surface area (Å²) >= 11 is 12.4. The second kappa shape index (κ2) is 7.61. The van der Waals surface area contributed by atoms with E-state index in [1.54, 1.807) is 18.2 Å². The molecule has 1 aliphatic heterocycles. The zero-order valence-corrected chi connectivity index (χ0v) is 20.7. The molecule has 2 heterocycles. The van der Waals surface area contributed by atoms with Gasteiger partial charge < -0.3 is 9.15 Å². The fourth-order valence-electron chi connectivity index (χ4n) is 5.30. The average molecular weight is 485 g/mol. The highest BCUT2D eigenvalue weighted by Gasteiger charge is 2.48. The number of benzene rings is 1. The van der Waals surface area contributed by atoms with Crippen molar-refractivity contribution in [1.29, 1.82) is 0 Å². The van der Waals surface area contributed by atoms with Crippen LogP contribution in [0, 0.1) is 10.8 Å². The van der Waals surface area contributed by atoms with E-state index in [9.17, 15) is 9.59 Å². The van der Waals surface area contributed by atoms with Crippen LogP contribution in [0.4, 0.5) is 0 Å². The van der Waals surface area contributed by atoms with Crippen molar-refractivity contribution in [3.63, 3.8) is 0 Å². The van der Waals surface area contributed by atoms with Crippen LogP contribution in [0.1, 0.15) is 65.1 Å². The number of hydrogen-bond donors (Lipinski definition) is 0. The minimum atomic E-state index is -0.559. The smallest absolute Gasteiger partial charge is 0.163 e. The zero-order chi connectivity index (χ0) is 23.7. The monoisotopic (exact) mass is 484 g/mol. The first-order chi connectivity index (χ1) is 15.4. The molecule has 0 bridgehead atoms. The number of ketones is 2. The van der Waals surface area contributed by atoms with Gasteiger partial charge in [-0.3, -0.25) is 9.59 Å². The summed E-state index contributed by atoms with van der Waals surface area (Å²) in [6.07, 6.45) is 2.11. The van der Waals surface area contributed by atoms with E-state index in [4.69, 9.17) is 32.4 Å². The molecule has 0 radical (unpaired) electrons. The molecule has 33 heavy (non-hydrogen) atoms. The number of Topliss-reactive ketones (excluding diaryl/α,β-unsaturated/α-hetero) is 2. The first kappa shape index (κ1) is 22.5. The number of carbonyl (C=O) groups excluding carboxylic acids is 2. The summed E-state index contributed by atoms with van der Waals surface area (Å²) in [6.45, 7) is 8.28. The minimum Gasteiger partial charge on any atom is -0.465 e. The third-order valence-corrected chi connectivity index (χ3v) is 7.24. The Hall–Kier alpha value is -2.30. The number of halogens is 2. The van der Waals surface area contributed by atoms with Crippen molar-refractivity contribution in [2.45, 2.75) is 59.3 Å². The lowest BCUT2D eigenvalue weighted by atomic mass is 9.66. The van der Waals surface area contributed by atoms with Crippen LogP contribution >= 0.6 is 23.2 Å². The second-order valence-electron chi connectivity index (χ2n) is 10.9. The molecule has 0 amide bonds. The van der Waals surface area contributed by atoms with Crippen LogP contribution in [0.3, 0.4) is 0 Å². The van der Waals surface area contributed by atoms with Crippen LogP contribution in [0.5, 0.6) is 0 Å². The van der Waals surface area contributed by atoms with Crippen molar-refractivity contribution in [2.24, 2.45) is 10.8 Å². The molecule has 0 unspecified atom stereocenters. The van der Waals surface area contributed by atoms with Gasteiger partial charge in [0.25, 0.3) is 0 Å². The van der Waals surface area contributed by atoms with Gasteiger partial charge in [0.2, 0.25) is 0 Å². The maximum absolute atomic E-state index is 13.4. The SMILES string of the molecule is CC1(C)CC(=O)C2=C(C1)OC1=C(C(=O)CC(C)(C)C1)C2c1ccc(-c2ccc(Cl)cc2Cl)o1. The topological polar surface area (TPSA) is 56.5 Å².